The van der Waals surface area contributed by atoms with Crippen LogP contribution in [0.5, 0.6) is 11.5 Å². The molecule has 0 radical (unpaired) electrons. The molecule has 2 aromatic carbocycles. The zero-order valence-electron chi connectivity index (χ0n) is 15.3. The summed E-state index contributed by atoms with van der Waals surface area (Å²) in [5.74, 6) is -0.129. The first-order valence-corrected chi connectivity index (χ1v) is 9.02. The summed E-state index contributed by atoms with van der Waals surface area (Å²) >= 11 is 6.00. The van der Waals surface area contributed by atoms with Crippen molar-refractivity contribution in [3.63, 3.8) is 0 Å². The van der Waals surface area contributed by atoms with Crippen molar-refractivity contribution in [1.29, 1.82) is 0 Å². The van der Waals surface area contributed by atoms with Gasteiger partial charge in [-0.05, 0) is 49.2 Å². The van der Waals surface area contributed by atoms with Gasteiger partial charge in [0.2, 0.25) is 5.91 Å². The Balaban J connectivity index is 1.96. The third kappa shape index (κ3) is 4.06. The normalized spacial score (nSPS) is 15.3. The predicted molar refractivity (Wildman–Crippen MR) is 102 cm³/mol. The molecule has 142 valence electrons. The maximum atomic E-state index is 13.2. The quantitative estimate of drug-likeness (QED) is 0.822. The maximum Gasteiger partial charge on any atom is 0.256 e. The lowest BCUT2D eigenvalue weighted by atomic mass is 10.0. The van der Waals surface area contributed by atoms with Crippen LogP contribution in [0, 0.1) is 11.7 Å². The summed E-state index contributed by atoms with van der Waals surface area (Å²) in [4.78, 5) is 26.8. The molecule has 27 heavy (non-hydrogen) atoms. The van der Waals surface area contributed by atoms with E-state index in [0.717, 1.165) is 6.07 Å². The third-order valence-corrected chi connectivity index (χ3v) is 4.94. The molecule has 1 aliphatic rings. The average Bonchev–Trinajstić information content (AvgIpc) is 2.73. The van der Waals surface area contributed by atoms with Gasteiger partial charge in [0.15, 0.2) is 0 Å². The second-order valence-corrected chi connectivity index (χ2v) is 7.26. The summed E-state index contributed by atoms with van der Waals surface area (Å²) in [7, 11) is 0. The molecule has 3 rings (SSSR count). The van der Waals surface area contributed by atoms with Crippen molar-refractivity contribution >= 4 is 29.1 Å². The van der Waals surface area contributed by atoms with Crippen LogP contribution in [0.1, 0.15) is 31.1 Å². The molecular formula is C20H20ClFN2O3. The Labute approximate surface area is 162 Å². The second kappa shape index (κ2) is 7.56. The fraction of sp³-hybridized carbons (Fsp3) is 0.300. The average molecular weight is 391 g/mol. The second-order valence-electron chi connectivity index (χ2n) is 6.85. The standard InChI is InChI=1S/C20H20ClFN2O3/c1-11(2)12(3)24-10-19(25)23-17-6-5-14(9-15(17)20(24)26)27-18-7-4-13(22)8-16(18)21/h4-9,11-12H,10H2,1-3H3,(H,23,25). The summed E-state index contributed by atoms with van der Waals surface area (Å²) in [6.45, 7) is 5.90. The first-order valence-electron chi connectivity index (χ1n) is 8.64. The number of benzene rings is 2. The molecule has 1 aliphatic heterocycles. The van der Waals surface area contributed by atoms with Crippen LogP contribution < -0.4 is 10.1 Å². The minimum atomic E-state index is -0.467. The van der Waals surface area contributed by atoms with Gasteiger partial charge in [0.25, 0.3) is 5.91 Å². The number of hydrogen-bond donors (Lipinski definition) is 1. The highest BCUT2D eigenvalue weighted by Crippen LogP contribution is 2.33. The molecule has 5 nitrogen and oxygen atoms in total. The number of rotatable bonds is 4. The van der Waals surface area contributed by atoms with Gasteiger partial charge in [0.1, 0.15) is 23.9 Å². The Bertz CT molecular complexity index is 901. The van der Waals surface area contributed by atoms with Gasteiger partial charge in [-0.1, -0.05) is 25.4 Å². The molecular weight excluding hydrogens is 371 g/mol. The van der Waals surface area contributed by atoms with Crippen LogP contribution >= 0.6 is 11.6 Å². The number of anilines is 1. The Morgan fingerprint density at radius 1 is 1.15 bits per heavy atom. The van der Waals surface area contributed by atoms with Gasteiger partial charge in [0.05, 0.1) is 16.3 Å². The van der Waals surface area contributed by atoms with Gasteiger partial charge < -0.3 is 15.0 Å². The number of halogens is 2. The lowest BCUT2D eigenvalue weighted by Crippen LogP contribution is -2.43. The number of carbonyl (C=O) groups excluding carboxylic acids is 2. The van der Waals surface area contributed by atoms with Crippen LogP contribution in [-0.2, 0) is 4.79 Å². The Morgan fingerprint density at radius 3 is 2.56 bits per heavy atom. The highest BCUT2D eigenvalue weighted by Gasteiger charge is 2.31. The predicted octanol–water partition coefficient (Wildman–Crippen LogP) is 4.71. The van der Waals surface area contributed by atoms with Crippen molar-refractivity contribution in [3.8, 4) is 11.5 Å². The lowest BCUT2D eigenvalue weighted by Gasteiger charge is -2.30. The Morgan fingerprint density at radius 2 is 1.89 bits per heavy atom. The van der Waals surface area contributed by atoms with Gasteiger partial charge in [-0.25, -0.2) is 4.39 Å². The summed E-state index contributed by atoms with van der Waals surface area (Å²) in [5.41, 5.74) is 0.769. The van der Waals surface area contributed by atoms with Crippen molar-refractivity contribution in [2.45, 2.75) is 26.8 Å². The number of nitrogens with one attached hydrogen (secondary N) is 1. The molecule has 1 heterocycles. The molecule has 1 unspecified atom stereocenters. The van der Waals surface area contributed by atoms with E-state index in [-0.39, 0.29) is 41.1 Å². The van der Waals surface area contributed by atoms with Crippen LogP contribution in [0.2, 0.25) is 5.02 Å². The van der Waals surface area contributed by atoms with Gasteiger partial charge in [-0.2, -0.15) is 0 Å². The number of nitrogens with zero attached hydrogens (tertiary/aromatic N) is 1. The van der Waals surface area contributed by atoms with Crippen LogP contribution in [0.15, 0.2) is 36.4 Å². The number of hydrogen-bond acceptors (Lipinski definition) is 3. The molecule has 1 N–H and O–H groups in total. The number of fused-ring (bicyclic) bond motifs is 1. The van der Waals surface area contributed by atoms with E-state index >= 15 is 0 Å². The van der Waals surface area contributed by atoms with Crippen molar-refractivity contribution in [2.75, 3.05) is 11.9 Å². The van der Waals surface area contributed by atoms with E-state index in [1.807, 2.05) is 20.8 Å². The zero-order chi connectivity index (χ0) is 19.7. The molecule has 2 aromatic rings. The number of amides is 2. The Hall–Kier alpha value is -2.60. The Kier molecular flexibility index (Phi) is 5.37. The van der Waals surface area contributed by atoms with Crippen LogP contribution in [0.4, 0.5) is 10.1 Å². The minimum Gasteiger partial charge on any atom is -0.456 e. The molecule has 1 atom stereocenters. The van der Waals surface area contributed by atoms with Crippen molar-refractivity contribution in [2.24, 2.45) is 5.92 Å². The fourth-order valence-corrected chi connectivity index (χ4v) is 3.02. The maximum absolute atomic E-state index is 13.2. The van der Waals surface area contributed by atoms with Crippen molar-refractivity contribution < 1.29 is 18.7 Å². The van der Waals surface area contributed by atoms with E-state index < -0.39 is 5.82 Å². The minimum absolute atomic E-state index is 0.00710. The SMILES string of the molecule is CC(C)C(C)N1CC(=O)Nc2ccc(Oc3ccc(F)cc3Cl)cc2C1=O. The molecule has 7 heteroatoms. The van der Waals surface area contributed by atoms with E-state index in [9.17, 15) is 14.0 Å². The molecule has 0 fully saturated rings. The molecule has 2 amide bonds. The molecule has 0 spiro atoms. The summed E-state index contributed by atoms with van der Waals surface area (Å²) < 4.78 is 18.9. The highest BCUT2D eigenvalue weighted by atomic mass is 35.5. The molecule has 0 bridgehead atoms. The molecule has 0 aromatic heterocycles. The summed E-state index contributed by atoms with van der Waals surface area (Å²) in [5, 5.41) is 2.88. The van der Waals surface area contributed by atoms with E-state index in [4.69, 9.17) is 16.3 Å². The van der Waals surface area contributed by atoms with Crippen molar-refractivity contribution in [1.82, 2.24) is 4.90 Å². The third-order valence-electron chi connectivity index (χ3n) is 4.65. The number of carbonyl (C=O) groups is 2. The molecule has 0 saturated heterocycles. The smallest absolute Gasteiger partial charge is 0.256 e. The first kappa shape index (κ1) is 19.2. The van der Waals surface area contributed by atoms with Gasteiger partial charge in [-0.3, -0.25) is 9.59 Å². The van der Waals surface area contributed by atoms with E-state index in [0.29, 0.717) is 17.0 Å². The molecule has 0 aliphatic carbocycles. The van der Waals surface area contributed by atoms with E-state index in [2.05, 4.69) is 5.32 Å². The van der Waals surface area contributed by atoms with E-state index in [1.165, 1.54) is 12.1 Å². The molecule has 0 saturated carbocycles. The van der Waals surface area contributed by atoms with E-state index in [1.54, 1.807) is 23.1 Å². The van der Waals surface area contributed by atoms with Gasteiger partial charge in [-0.15, -0.1) is 0 Å². The zero-order valence-corrected chi connectivity index (χ0v) is 16.0. The van der Waals surface area contributed by atoms with Gasteiger partial charge in [0, 0.05) is 6.04 Å². The first-order chi connectivity index (χ1) is 12.8. The van der Waals surface area contributed by atoms with Crippen LogP contribution in [0.3, 0.4) is 0 Å². The topological polar surface area (TPSA) is 58.6 Å². The fourth-order valence-electron chi connectivity index (χ4n) is 2.82. The lowest BCUT2D eigenvalue weighted by molar-refractivity contribution is -0.117. The van der Waals surface area contributed by atoms with Gasteiger partial charge >= 0.3 is 0 Å². The largest absolute Gasteiger partial charge is 0.456 e. The van der Waals surface area contributed by atoms with Crippen molar-refractivity contribution in [3.05, 3.63) is 52.8 Å². The van der Waals surface area contributed by atoms with Crippen LogP contribution in [0.25, 0.3) is 0 Å². The highest BCUT2D eigenvalue weighted by molar-refractivity contribution is 6.32. The van der Waals surface area contributed by atoms with Crippen LogP contribution in [-0.4, -0.2) is 29.3 Å². The summed E-state index contributed by atoms with van der Waals surface area (Å²) in [6.07, 6.45) is 0. The monoisotopic (exact) mass is 390 g/mol. The summed E-state index contributed by atoms with van der Waals surface area (Å²) in [6, 6.07) is 8.49. The number of ether oxygens (including phenoxy) is 1.